The van der Waals surface area contributed by atoms with Crippen LogP contribution in [0.3, 0.4) is 0 Å². The van der Waals surface area contributed by atoms with Gasteiger partial charge < -0.3 is 21.1 Å². The van der Waals surface area contributed by atoms with E-state index in [1.807, 2.05) is 36.4 Å². The molecule has 4 N–H and O–H groups in total. The van der Waals surface area contributed by atoms with Gasteiger partial charge in [-0.05, 0) is 67.2 Å². The molecular formula is C30H38ClN3O3. The first-order valence-electron chi connectivity index (χ1n) is 13.5. The Balaban J connectivity index is 1.58. The molecule has 2 amide bonds. The van der Waals surface area contributed by atoms with Gasteiger partial charge in [-0.2, -0.15) is 0 Å². The standard InChI is InChI=1S/C30H38ClN3O3/c1-29(2,3)17-25-30(22-14-9-19(31)16-24(22)33-28(30)37)23(15-18-7-5-4-6-8-18)26(34-25)27(36)32-20-10-12-21(35)13-11-20/h4-9,14,16,20-21,23,25-26,34-35H,10-13,15,17H2,1-3H3,(H,32,36)(H,33,37)/t20?,21?,23-,25-,26+,30-/m0/s1. The van der Waals surface area contributed by atoms with Crippen LogP contribution in [0.2, 0.25) is 5.02 Å². The lowest BCUT2D eigenvalue weighted by Gasteiger charge is -2.37. The van der Waals surface area contributed by atoms with Crippen molar-refractivity contribution in [1.82, 2.24) is 10.6 Å². The summed E-state index contributed by atoms with van der Waals surface area (Å²) in [6.45, 7) is 6.51. The Morgan fingerprint density at radius 1 is 1.11 bits per heavy atom. The summed E-state index contributed by atoms with van der Waals surface area (Å²) in [7, 11) is 0. The van der Waals surface area contributed by atoms with Gasteiger partial charge in [0.2, 0.25) is 11.8 Å². The Hall–Kier alpha value is -2.41. The van der Waals surface area contributed by atoms with Crippen LogP contribution in [-0.4, -0.2) is 41.2 Å². The molecule has 0 bridgehead atoms. The minimum atomic E-state index is -0.909. The Bertz CT molecular complexity index is 1160. The number of aliphatic hydroxyl groups is 1. The molecule has 6 nitrogen and oxygen atoms in total. The molecule has 2 aromatic rings. The lowest BCUT2D eigenvalue weighted by Crippen LogP contribution is -2.51. The van der Waals surface area contributed by atoms with Crippen LogP contribution in [0.4, 0.5) is 5.69 Å². The van der Waals surface area contributed by atoms with E-state index in [-0.39, 0.29) is 41.3 Å². The molecule has 37 heavy (non-hydrogen) atoms. The SMILES string of the molecule is CC(C)(C)C[C@@H]1N[C@@H](C(=O)NC2CCC(O)CC2)[C@H](Cc2ccccc2)[C@]12C(=O)Nc1cc(Cl)ccc12. The first kappa shape index (κ1) is 26.2. The Labute approximate surface area is 224 Å². The number of rotatable bonds is 5. The van der Waals surface area contributed by atoms with Gasteiger partial charge in [0.25, 0.3) is 0 Å². The molecule has 2 aromatic carbocycles. The van der Waals surface area contributed by atoms with Crippen LogP contribution >= 0.6 is 11.6 Å². The highest BCUT2D eigenvalue weighted by molar-refractivity contribution is 6.31. The van der Waals surface area contributed by atoms with E-state index in [4.69, 9.17) is 11.6 Å². The van der Waals surface area contributed by atoms with Gasteiger partial charge in [-0.1, -0.05) is 68.8 Å². The summed E-state index contributed by atoms with van der Waals surface area (Å²) in [5, 5.41) is 20.6. The summed E-state index contributed by atoms with van der Waals surface area (Å²) in [6, 6.07) is 15.0. The van der Waals surface area contributed by atoms with E-state index in [1.54, 1.807) is 0 Å². The summed E-state index contributed by atoms with van der Waals surface area (Å²) in [6.07, 6.45) is 3.96. The van der Waals surface area contributed by atoms with Crippen LogP contribution in [0.25, 0.3) is 0 Å². The molecule has 0 unspecified atom stereocenters. The van der Waals surface area contributed by atoms with Gasteiger partial charge in [0, 0.05) is 28.7 Å². The normalized spacial score (nSPS) is 31.3. The maximum atomic E-state index is 14.1. The van der Waals surface area contributed by atoms with Gasteiger partial charge in [-0.3, -0.25) is 9.59 Å². The second-order valence-electron chi connectivity index (χ2n) is 12.3. The van der Waals surface area contributed by atoms with Gasteiger partial charge in [0.05, 0.1) is 17.6 Å². The monoisotopic (exact) mass is 523 g/mol. The number of nitrogens with one attached hydrogen (secondary N) is 3. The molecule has 5 rings (SSSR count). The maximum Gasteiger partial charge on any atom is 0.237 e. The zero-order chi connectivity index (χ0) is 26.4. The minimum absolute atomic E-state index is 0.0381. The molecule has 1 aliphatic carbocycles. The van der Waals surface area contributed by atoms with Crippen molar-refractivity contribution >= 4 is 29.1 Å². The lowest BCUT2D eigenvalue weighted by atomic mass is 9.63. The number of hydrogen-bond acceptors (Lipinski definition) is 4. The topological polar surface area (TPSA) is 90.5 Å². The van der Waals surface area contributed by atoms with E-state index >= 15 is 0 Å². The molecule has 2 aliphatic heterocycles. The summed E-state index contributed by atoms with van der Waals surface area (Å²) in [5.74, 6) is -0.421. The Kier molecular flexibility index (Phi) is 7.12. The Morgan fingerprint density at radius 2 is 1.81 bits per heavy atom. The summed E-state index contributed by atoms with van der Waals surface area (Å²) in [5.41, 5.74) is 1.77. The van der Waals surface area contributed by atoms with Crippen molar-refractivity contribution in [1.29, 1.82) is 0 Å². The van der Waals surface area contributed by atoms with Gasteiger partial charge in [0.15, 0.2) is 0 Å². The van der Waals surface area contributed by atoms with Crippen LogP contribution in [0.5, 0.6) is 0 Å². The predicted molar refractivity (Wildman–Crippen MR) is 147 cm³/mol. The van der Waals surface area contributed by atoms with Crippen molar-refractivity contribution in [2.75, 3.05) is 5.32 Å². The van der Waals surface area contributed by atoms with Crippen molar-refractivity contribution in [3.8, 4) is 0 Å². The van der Waals surface area contributed by atoms with Crippen molar-refractivity contribution in [3.05, 3.63) is 64.7 Å². The third kappa shape index (κ3) is 5.04. The van der Waals surface area contributed by atoms with Gasteiger partial charge in [-0.15, -0.1) is 0 Å². The number of hydrogen-bond donors (Lipinski definition) is 4. The third-order valence-electron chi connectivity index (χ3n) is 8.41. The van der Waals surface area contributed by atoms with Crippen LogP contribution in [0.1, 0.15) is 64.0 Å². The smallest absolute Gasteiger partial charge is 0.237 e. The highest BCUT2D eigenvalue weighted by atomic mass is 35.5. The van der Waals surface area contributed by atoms with Gasteiger partial charge in [-0.25, -0.2) is 0 Å². The fraction of sp³-hybridized carbons (Fsp3) is 0.533. The van der Waals surface area contributed by atoms with E-state index in [0.717, 1.165) is 36.1 Å². The molecule has 2 fully saturated rings. The summed E-state index contributed by atoms with van der Waals surface area (Å²) < 4.78 is 0. The van der Waals surface area contributed by atoms with Crippen LogP contribution < -0.4 is 16.0 Å². The average Bonchev–Trinajstić information content (AvgIpc) is 3.30. The highest BCUT2D eigenvalue weighted by Gasteiger charge is 2.65. The molecule has 0 aromatic heterocycles. The maximum absolute atomic E-state index is 14.1. The molecule has 2 heterocycles. The highest BCUT2D eigenvalue weighted by Crippen LogP contribution is 2.54. The Morgan fingerprint density at radius 3 is 2.49 bits per heavy atom. The van der Waals surface area contributed by atoms with Crippen molar-refractivity contribution < 1.29 is 14.7 Å². The number of fused-ring (bicyclic) bond motifs is 2. The molecule has 1 saturated heterocycles. The van der Waals surface area contributed by atoms with E-state index in [2.05, 4.69) is 48.9 Å². The number of aliphatic hydroxyl groups excluding tert-OH is 1. The van der Waals surface area contributed by atoms with E-state index < -0.39 is 11.5 Å². The van der Waals surface area contributed by atoms with Crippen molar-refractivity contribution in [2.45, 2.75) is 88.9 Å². The zero-order valence-electron chi connectivity index (χ0n) is 21.9. The third-order valence-corrected chi connectivity index (χ3v) is 8.64. The number of halogens is 1. The molecule has 198 valence electrons. The molecule has 7 heteroatoms. The number of anilines is 1. The predicted octanol–water partition coefficient (Wildman–Crippen LogP) is 4.59. The van der Waals surface area contributed by atoms with Crippen molar-refractivity contribution in [2.24, 2.45) is 11.3 Å². The molecule has 4 atom stereocenters. The summed E-state index contributed by atoms with van der Waals surface area (Å²) >= 11 is 6.32. The van der Waals surface area contributed by atoms with E-state index in [1.165, 1.54) is 0 Å². The number of carbonyl (C=O) groups is 2. The quantitative estimate of drug-likeness (QED) is 0.461. The molecule has 3 aliphatic rings. The van der Waals surface area contributed by atoms with Gasteiger partial charge in [0.1, 0.15) is 0 Å². The largest absolute Gasteiger partial charge is 0.393 e. The summed E-state index contributed by atoms with van der Waals surface area (Å²) in [4.78, 5) is 28.0. The minimum Gasteiger partial charge on any atom is -0.393 e. The molecular weight excluding hydrogens is 486 g/mol. The molecule has 1 spiro atoms. The number of carbonyl (C=O) groups excluding carboxylic acids is 2. The molecule has 1 saturated carbocycles. The fourth-order valence-electron chi connectivity index (χ4n) is 6.78. The number of benzene rings is 2. The number of amides is 2. The van der Waals surface area contributed by atoms with Crippen molar-refractivity contribution in [3.63, 3.8) is 0 Å². The van der Waals surface area contributed by atoms with E-state index in [9.17, 15) is 14.7 Å². The lowest BCUT2D eigenvalue weighted by molar-refractivity contribution is -0.126. The van der Waals surface area contributed by atoms with E-state index in [0.29, 0.717) is 24.3 Å². The second-order valence-corrected chi connectivity index (χ2v) is 12.7. The molecule has 0 radical (unpaired) electrons. The van der Waals surface area contributed by atoms with Gasteiger partial charge >= 0.3 is 0 Å². The fourth-order valence-corrected chi connectivity index (χ4v) is 6.95. The first-order chi connectivity index (χ1) is 17.6. The van der Waals surface area contributed by atoms with Crippen LogP contribution in [0.15, 0.2) is 48.5 Å². The zero-order valence-corrected chi connectivity index (χ0v) is 22.6. The van der Waals surface area contributed by atoms with Crippen LogP contribution in [-0.2, 0) is 21.4 Å². The first-order valence-corrected chi connectivity index (χ1v) is 13.9. The average molecular weight is 524 g/mol. The van der Waals surface area contributed by atoms with Crippen LogP contribution in [0, 0.1) is 11.3 Å². The second kappa shape index (κ2) is 10.0.